The van der Waals surface area contributed by atoms with E-state index in [1.54, 1.807) is 12.1 Å². The topological polar surface area (TPSA) is 83.5 Å². The molecule has 0 heterocycles. The van der Waals surface area contributed by atoms with E-state index in [9.17, 15) is 4.79 Å². The van der Waals surface area contributed by atoms with Gasteiger partial charge in [0.15, 0.2) is 0 Å². The lowest BCUT2D eigenvalue weighted by Gasteiger charge is -2.02. The largest absolute Gasteiger partial charge is 0.478 e. The van der Waals surface area contributed by atoms with Crippen molar-refractivity contribution in [3.8, 4) is 11.8 Å². The van der Waals surface area contributed by atoms with Gasteiger partial charge in [0.2, 0.25) is 0 Å². The maximum atomic E-state index is 10.8. The molecule has 4 N–H and O–H groups in total. The second-order valence-electron chi connectivity index (χ2n) is 2.53. The van der Waals surface area contributed by atoms with E-state index in [1.165, 1.54) is 6.07 Å². The van der Waals surface area contributed by atoms with Crippen LogP contribution in [0.3, 0.4) is 0 Å². The molecule has 0 aromatic heterocycles. The number of aliphatic hydroxyl groups is 1. The second-order valence-corrected chi connectivity index (χ2v) is 2.53. The number of nitrogen functional groups attached to an aromatic ring is 1. The Kier molecular flexibility index (Phi) is 3.10. The fourth-order valence-electron chi connectivity index (χ4n) is 1.05. The standard InChI is InChI=1S/C10H9NO3/c11-8-5-1-3-7(4-2-6-12)9(8)10(13)14/h1,3,5,12H,6,11H2,(H,13,14). The molecular weight excluding hydrogens is 182 g/mol. The van der Waals surface area contributed by atoms with Crippen molar-refractivity contribution < 1.29 is 15.0 Å². The molecule has 0 spiro atoms. The fraction of sp³-hybridized carbons (Fsp3) is 0.100. The molecule has 0 aliphatic heterocycles. The SMILES string of the molecule is Nc1cccc(C#CCO)c1C(=O)O. The van der Waals surface area contributed by atoms with Gasteiger partial charge in [-0.2, -0.15) is 0 Å². The number of nitrogens with two attached hydrogens (primary N) is 1. The minimum Gasteiger partial charge on any atom is -0.478 e. The van der Waals surface area contributed by atoms with Gasteiger partial charge in [-0.3, -0.25) is 0 Å². The lowest BCUT2D eigenvalue weighted by atomic mass is 10.1. The summed E-state index contributed by atoms with van der Waals surface area (Å²) in [6, 6.07) is 4.65. The van der Waals surface area contributed by atoms with Gasteiger partial charge in [0, 0.05) is 11.3 Å². The summed E-state index contributed by atoms with van der Waals surface area (Å²) < 4.78 is 0. The molecular formula is C10H9NO3. The third kappa shape index (κ3) is 2.03. The van der Waals surface area contributed by atoms with Gasteiger partial charge in [0.25, 0.3) is 0 Å². The van der Waals surface area contributed by atoms with Crippen LogP contribution in [0.4, 0.5) is 5.69 Å². The van der Waals surface area contributed by atoms with Gasteiger partial charge in [0.1, 0.15) is 6.61 Å². The average Bonchev–Trinajstić information content (AvgIpc) is 2.14. The number of hydrogen-bond donors (Lipinski definition) is 3. The van der Waals surface area contributed by atoms with Gasteiger partial charge in [0.05, 0.1) is 5.56 Å². The first-order valence-electron chi connectivity index (χ1n) is 3.88. The van der Waals surface area contributed by atoms with E-state index in [-0.39, 0.29) is 17.9 Å². The number of carboxylic acid groups (broad SMARTS) is 1. The monoisotopic (exact) mass is 191 g/mol. The minimum atomic E-state index is -1.12. The van der Waals surface area contributed by atoms with Crippen LogP contribution in [0.25, 0.3) is 0 Å². The summed E-state index contributed by atoms with van der Waals surface area (Å²) in [6.45, 7) is -0.312. The van der Waals surface area contributed by atoms with Gasteiger partial charge in [-0.25, -0.2) is 4.79 Å². The molecule has 1 aromatic carbocycles. The third-order valence-corrected chi connectivity index (χ3v) is 1.61. The van der Waals surface area contributed by atoms with Crippen LogP contribution in [0.15, 0.2) is 18.2 Å². The molecule has 0 saturated carbocycles. The number of benzene rings is 1. The smallest absolute Gasteiger partial charge is 0.339 e. The zero-order valence-electron chi connectivity index (χ0n) is 7.32. The summed E-state index contributed by atoms with van der Waals surface area (Å²) in [4.78, 5) is 10.8. The highest BCUT2D eigenvalue weighted by molar-refractivity contribution is 5.96. The molecule has 0 aliphatic carbocycles. The molecule has 0 aliphatic rings. The van der Waals surface area contributed by atoms with E-state index >= 15 is 0 Å². The van der Waals surface area contributed by atoms with Crippen molar-refractivity contribution in [1.82, 2.24) is 0 Å². The van der Waals surface area contributed by atoms with Crippen LogP contribution in [0.2, 0.25) is 0 Å². The van der Waals surface area contributed by atoms with E-state index in [0.717, 1.165) is 0 Å². The predicted molar refractivity (Wildman–Crippen MR) is 51.8 cm³/mol. The number of carbonyl (C=O) groups is 1. The van der Waals surface area contributed by atoms with Crippen LogP contribution in [0, 0.1) is 11.8 Å². The van der Waals surface area contributed by atoms with Crippen LogP contribution >= 0.6 is 0 Å². The van der Waals surface area contributed by atoms with Crippen LogP contribution in [0.1, 0.15) is 15.9 Å². The number of carboxylic acids is 1. The van der Waals surface area contributed by atoms with E-state index < -0.39 is 5.97 Å². The zero-order valence-corrected chi connectivity index (χ0v) is 7.32. The fourth-order valence-corrected chi connectivity index (χ4v) is 1.05. The number of aromatic carboxylic acids is 1. The Balaban J connectivity index is 3.28. The Hall–Kier alpha value is -1.99. The first-order chi connectivity index (χ1) is 6.66. The third-order valence-electron chi connectivity index (χ3n) is 1.61. The van der Waals surface area contributed by atoms with Crippen molar-refractivity contribution in [3.63, 3.8) is 0 Å². The Morgan fingerprint density at radius 2 is 2.21 bits per heavy atom. The minimum absolute atomic E-state index is 0.0200. The molecule has 1 aromatic rings. The molecule has 0 atom stereocenters. The molecule has 14 heavy (non-hydrogen) atoms. The molecule has 0 saturated heterocycles. The van der Waals surface area contributed by atoms with Crippen LogP contribution in [-0.4, -0.2) is 22.8 Å². The molecule has 1 rings (SSSR count). The van der Waals surface area contributed by atoms with E-state index in [0.29, 0.717) is 5.56 Å². The maximum absolute atomic E-state index is 10.8. The van der Waals surface area contributed by atoms with Crippen LogP contribution in [-0.2, 0) is 0 Å². The molecule has 0 amide bonds. The van der Waals surface area contributed by atoms with Crippen molar-refractivity contribution in [1.29, 1.82) is 0 Å². The van der Waals surface area contributed by atoms with Crippen molar-refractivity contribution in [2.45, 2.75) is 0 Å². The van der Waals surface area contributed by atoms with Gasteiger partial charge in [-0.15, -0.1) is 0 Å². The quantitative estimate of drug-likeness (QED) is 0.440. The number of rotatable bonds is 1. The molecule has 0 bridgehead atoms. The normalized spacial score (nSPS) is 8.93. The van der Waals surface area contributed by atoms with Gasteiger partial charge < -0.3 is 15.9 Å². The highest BCUT2D eigenvalue weighted by Gasteiger charge is 2.11. The van der Waals surface area contributed by atoms with Gasteiger partial charge >= 0.3 is 5.97 Å². The zero-order chi connectivity index (χ0) is 10.6. The summed E-state index contributed by atoms with van der Waals surface area (Å²) >= 11 is 0. The second kappa shape index (κ2) is 4.30. The van der Waals surface area contributed by atoms with Crippen molar-refractivity contribution in [3.05, 3.63) is 29.3 Å². The Labute approximate surface area is 81.0 Å². The van der Waals surface area contributed by atoms with Gasteiger partial charge in [-0.1, -0.05) is 17.9 Å². The molecule has 0 fully saturated rings. The Bertz CT molecular complexity index is 415. The highest BCUT2D eigenvalue weighted by atomic mass is 16.4. The lowest BCUT2D eigenvalue weighted by molar-refractivity contribution is 0.0698. The van der Waals surface area contributed by atoms with Crippen molar-refractivity contribution in [2.75, 3.05) is 12.3 Å². The first-order valence-corrected chi connectivity index (χ1v) is 3.88. The van der Waals surface area contributed by atoms with E-state index in [4.69, 9.17) is 15.9 Å². The molecule has 4 nitrogen and oxygen atoms in total. The highest BCUT2D eigenvalue weighted by Crippen LogP contribution is 2.15. The number of anilines is 1. The Morgan fingerprint density at radius 1 is 1.50 bits per heavy atom. The van der Waals surface area contributed by atoms with Crippen molar-refractivity contribution >= 4 is 11.7 Å². The summed E-state index contributed by atoms with van der Waals surface area (Å²) in [5.41, 5.74) is 5.94. The number of hydrogen-bond acceptors (Lipinski definition) is 3. The Morgan fingerprint density at radius 3 is 2.79 bits per heavy atom. The van der Waals surface area contributed by atoms with E-state index in [2.05, 4.69) is 11.8 Å². The van der Waals surface area contributed by atoms with Crippen LogP contribution in [0.5, 0.6) is 0 Å². The number of aliphatic hydroxyl groups excluding tert-OH is 1. The van der Waals surface area contributed by atoms with Crippen molar-refractivity contribution in [2.24, 2.45) is 0 Å². The van der Waals surface area contributed by atoms with Gasteiger partial charge in [-0.05, 0) is 12.1 Å². The summed E-state index contributed by atoms with van der Waals surface area (Å²) in [5.74, 6) is 3.78. The predicted octanol–water partition coefficient (Wildman–Crippen LogP) is 0.311. The summed E-state index contributed by atoms with van der Waals surface area (Å²) in [7, 11) is 0. The summed E-state index contributed by atoms with van der Waals surface area (Å²) in [6.07, 6.45) is 0. The maximum Gasteiger partial charge on any atom is 0.339 e. The van der Waals surface area contributed by atoms with E-state index in [1.807, 2.05) is 0 Å². The molecule has 0 unspecified atom stereocenters. The van der Waals surface area contributed by atoms with Crippen LogP contribution < -0.4 is 5.73 Å². The lowest BCUT2D eigenvalue weighted by Crippen LogP contribution is -2.05. The summed E-state index contributed by atoms with van der Waals surface area (Å²) in [5, 5.41) is 17.3. The average molecular weight is 191 g/mol. The first kappa shape index (κ1) is 10.1. The molecule has 4 heteroatoms. The molecule has 0 radical (unpaired) electrons. The molecule has 72 valence electrons.